The van der Waals surface area contributed by atoms with Gasteiger partial charge in [-0.2, -0.15) is 0 Å². The van der Waals surface area contributed by atoms with Crippen LogP contribution in [-0.2, 0) is 14.3 Å². The lowest BCUT2D eigenvalue weighted by molar-refractivity contribution is -0.147. The largest absolute Gasteiger partial charge is 0.466 e. The second-order valence-corrected chi connectivity index (χ2v) is 8.22. The quantitative estimate of drug-likeness (QED) is 0.502. The van der Waals surface area contributed by atoms with Crippen LogP contribution < -0.4 is 10.6 Å². The van der Waals surface area contributed by atoms with Gasteiger partial charge in [0.2, 0.25) is 5.91 Å². The summed E-state index contributed by atoms with van der Waals surface area (Å²) in [6.45, 7) is 5.04. The maximum atomic E-state index is 12.5. The third-order valence-corrected chi connectivity index (χ3v) is 5.19. The molecule has 1 fully saturated rings. The van der Waals surface area contributed by atoms with Crippen molar-refractivity contribution in [2.45, 2.75) is 32.7 Å². The SMILES string of the molecule is CC(C)CCOC(=O)CC1C(=O)NCCN1C(=S)NC(=O)c1ccc(Cl)cc1Cl. The minimum absolute atomic E-state index is 0.0378. The number of benzene rings is 1. The fraction of sp³-hybridized carbons (Fsp3) is 0.474. The first-order chi connectivity index (χ1) is 13.7. The molecule has 1 aliphatic rings. The van der Waals surface area contributed by atoms with Gasteiger partial charge in [-0.15, -0.1) is 0 Å². The van der Waals surface area contributed by atoms with Gasteiger partial charge in [0.05, 0.1) is 23.6 Å². The molecule has 1 aliphatic heterocycles. The van der Waals surface area contributed by atoms with Crippen LogP contribution in [-0.4, -0.2) is 53.5 Å². The fourth-order valence-electron chi connectivity index (χ4n) is 2.70. The van der Waals surface area contributed by atoms with E-state index in [-0.39, 0.29) is 28.0 Å². The van der Waals surface area contributed by atoms with Gasteiger partial charge in [0.15, 0.2) is 5.11 Å². The number of nitrogens with zero attached hydrogens (tertiary/aromatic N) is 1. The molecular weight excluding hydrogens is 437 g/mol. The van der Waals surface area contributed by atoms with Gasteiger partial charge in [-0.3, -0.25) is 19.7 Å². The Morgan fingerprint density at radius 3 is 2.76 bits per heavy atom. The van der Waals surface area contributed by atoms with E-state index in [0.29, 0.717) is 30.6 Å². The van der Waals surface area contributed by atoms with Crippen LogP contribution >= 0.6 is 35.4 Å². The van der Waals surface area contributed by atoms with Crippen molar-refractivity contribution in [2.24, 2.45) is 5.92 Å². The fourth-order valence-corrected chi connectivity index (χ4v) is 3.50. The normalized spacial score (nSPS) is 16.4. The molecule has 1 unspecified atom stereocenters. The zero-order chi connectivity index (χ0) is 21.6. The summed E-state index contributed by atoms with van der Waals surface area (Å²) < 4.78 is 5.20. The van der Waals surface area contributed by atoms with Crippen molar-refractivity contribution >= 4 is 58.3 Å². The summed E-state index contributed by atoms with van der Waals surface area (Å²) in [6.07, 6.45) is 0.574. The van der Waals surface area contributed by atoms with Crippen LogP contribution in [0.3, 0.4) is 0 Å². The van der Waals surface area contributed by atoms with Crippen molar-refractivity contribution < 1.29 is 19.1 Å². The predicted octanol–water partition coefficient (Wildman–Crippen LogP) is 2.79. The van der Waals surface area contributed by atoms with Gasteiger partial charge in [-0.05, 0) is 42.8 Å². The summed E-state index contributed by atoms with van der Waals surface area (Å²) >= 11 is 17.2. The van der Waals surface area contributed by atoms with E-state index >= 15 is 0 Å². The van der Waals surface area contributed by atoms with Gasteiger partial charge >= 0.3 is 5.97 Å². The molecule has 2 amide bonds. The number of piperazine rings is 1. The Hall–Kier alpha value is -1.90. The standard InChI is InChI=1S/C19H23Cl2N3O4S/c1-11(2)5-8-28-16(25)10-15-18(27)22-6-7-24(15)19(29)23-17(26)13-4-3-12(20)9-14(13)21/h3-4,9,11,15H,5-8,10H2,1-2H3,(H,22,27)(H,23,26,29). The monoisotopic (exact) mass is 459 g/mol. The summed E-state index contributed by atoms with van der Waals surface area (Å²) in [7, 11) is 0. The predicted molar refractivity (Wildman–Crippen MR) is 115 cm³/mol. The molecule has 1 heterocycles. The number of carbonyl (C=O) groups excluding carboxylic acids is 3. The van der Waals surface area contributed by atoms with Crippen LogP contribution in [0, 0.1) is 5.92 Å². The summed E-state index contributed by atoms with van der Waals surface area (Å²) in [5.74, 6) is -0.966. The molecule has 158 valence electrons. The molecule has 29 heavy (non-hydrogen) atoms. The Morgan fingerprint density at radius 2 is 2.10 bits per heavy atom. The van der Waals surface area contributed by atoms with Crippen molar-refractivity contribution in [1.29, 1.82) is 0 Å². The van der Waals surface area contributed by atoms with Crippen LogP contribution in [0.2, 0.25) is 10.0 Å². The molecule has 2 N–H and O–H groups in total. The maximum absolute atomic E-state index is 12.5. The highest BCUT2D eigenvalue weighted by atomic mass is 35.5. The second-order valence-electron chi connectivity index (χ2n) is 6.99. The molecule has 0 saturated carbocycles. The number of thiocarbonyl (C=S) groups is 1. The highest BCUT2D eigenvalue weighted by Crippen LogP contribution is 2.21. The molecule has 10 heteroatoms. The van der Waals surface area contributed by atoms with Crippen molar-refractivity contribution in [3.8, 4) is 0 Å². The summed E-state index contributed by atoms with van der Waals surface area (Å²) in [5, 5.41) is 5.89. The Balaban J connectivity index is 2.02. The highest BCUT2D eigenvalue weighted by molar-refractivity contribution is 7.80. The van der Waals surface area contributed by atoms with E-state index in [1.54, 1.807) is 0 Å². The van der Waals surface area contributed by atoms with Crippen molar-refractivity contribution in [3.63, 3.8) is 0 Å². The smallest absolute Gasteiger partial charge is 0.308 e. The molecule has 2 rings (SSSR count). The average Bonchev–Trinajstić information content (AvgIpc) is 2.62. The van der Waals surface area contributed by atoms with Crippen molar-refractivity contribution in [2.75, 3.05) is 19.7 Å². The highest BCUT2D eigenvalue weighted by Gasteiger charge is 2.34. The molecule has 0 bridgehead atoms. The molecule has 0 aromatic heterocycles. The zero-order valence-corrected chi connectivity index (χ0v) is 18.5. The van der Waals surface area contributed by atoms with Crippen LogP contribution in [0.25, 0.3) is 0 Å². The lowest BCUT2D eigenvalue weighted by Crippen LogP contribution is -2.60. The second kappa shape index (κ2) is 10.8. The summed E-state index contributed by atoms with van der Waals surface area (Å²) in [4.78, 5) is 38.5. The molecule has 0 radical (unpaired) electrons. The van der Waals surface area contributed by atoms with Crippen molar-refractivity contribution in [1.82, 2.24) is 15.5 Å². The third kappa shape index (κ3) is 6.83. The van der Waals surface area contributed by atoms with Crippen molar-refractivity contribution in [3.05, 3.63) is 33.8 Å². The molecule has 0 aliphatic carbocycles. The van der Waals surface area contributed by atoms with E-state index in [1.807, 2.05) is 13.8 Å². The molecule has 1 aromatic carbocycles. The van der Waals surface area contributed by atoms with E-state index < -0.39 is 17.9 Å². The van der Waals surface area contributed by atoms with Gasteiger partial charge in [-0.25, -0.2) is 0 Å². The van der Waals surface area contributed by atoms with Crippen LogP contribution in [0.5, 0.6) is 0 Å². The summed E-state index contributed by atoms with van der Waals surface area (Å²) in [6, 6.07) is 3.61. The molecular formula is C19H23Cl2N3O4S. The topological polar surface area (TPSA) is 87.7 Å². The Morgan fingerprint density at radius 1 is 1.38 bits per heavy atom. The van der Waals surface area contributed by atoms with E-state index in [1.165, 1.54) is 23.1 Å². The Kier molecular flexibility index (Phi) is 8.67. The maximum Gasteiger partial charge on any atom is 0.308 e. The molecule has 7 nitrogen and oxygen atoms in total. The number of amides is 2. The zero-order valence-electron chi connectivity index (χ0n) is 16.2. The number of hydrogen-bond donors (Lipinski definition) is 2. The van der Waals surface area contributed by atoms with Gasteiger partial charge in [0, 0.05) is 18.1 Å². The third-order valence-electron chi connectivity index (χ3n) is 4.31. The molecule has 1 atom stereocenters. The van der Waals surface area contributed by atoms with Crippen LogP contribution in [0.15, 0.2) is 18.2 Å². The van der Waals surface area contributed by atoms with E-state index in [2.05, 4.69) is 10.6 Å². The number of ether oxygens (including phenoxy) is 1. The van der Waals surface area contributed by atoms with E-state index in [0.717, 1.165) is 6.42 Å². The minimum atomic E-state index is -0.858. The average molecular weight is 460 g/mol. The molecule has 0 spiro atoms. The van der Waals surface area contributed by atoms with Gasteiger partial charge < -0.3 is 15.0 Å². The number of rotatable bonds is 6. The van der Waals surface area contributed by atoms with Gasteiger partial charge in [0.1, 0.15) is 6.04 Å². The van der Waals surface area contributed by atoms with Crippen LogP contribution in [0.1, 0.15) is 37.0 Å². The summed E-state index contributed by atoms with van der Waals surface area (Å²) in [5.41, 5.74) is 0.199. The first-order valence-corrected chi connectivity index (χ1v) is 10.4. The minimum Gasteiger partial charge on any atom is -0.466 e. The Bertz CT molecular complexity index is 804. The number of halogens is 2. The number of carbonyl (C=O) groups is 3. The first kappa shape index (κ1) is 23.4. The lowest BCUT2D eigenvalue weighted by atomic mass is 10.1. The first-order valence-electron chi connectivity index (χ1n) is 9.19. The molecule has 1 aromatic rings. The van der Waals surface area contributed by atoms with E-state index in [4.69, 9.17) is 40.2 Å². The number of hydrogen-bond acceptors (Lipinski definition) is 5. The van der Waals surface area contributed by atoms with Crippen LogP contribution in [0.4, 0.5) is 0 Å². The lowest BCUT2D eigenvalue weighted by Gasteiger charge is -2.36. The number of nitrogens with one attached hydrogen (secondary N) is 2. The Labute approximate surface area is 185 Å². The van der Waals surface area contributed by atoms with E-state index in [9.17, 15) is 14.4 Å². The van der Waals surface area contributed by atoms with Gasteiger partial charge in [-0.1, -0.05) is 37.0 Å². The number of esters is 1. The molecule has 1 saturated heterocycles. The van der Waals surface area contributed by atoms with Gasteiger partial charge in [0.25, 0.3) is 5.91 Å².